The number of aromatic nitrogens is 3. The van der Waals surface area contributed by atoms with Crippen LogP contribution < -0.4 is 5.32 Å². The maximum absolute atomic E-state index is 13.3. The first-order valence-electron chi connectivity index (χ1n) is 10.2. The number of carbonyl (C=O) groups is 1. The quantitative estimate of drug-likeness (QED) is 0.712. The van der Waals surface area contributed by atoms with Gasteiger partial charge in [0, 0.05) is 6.54 Å². The maximum atomic E-state index is 13.3. The molecule has 3 heterocycles. The van der Waals surface area contributed by atoms with Gasteiger partial charge in [0.05, 0.1) is 18.3 Å². The Morgan fingerprint density at radius 2 is 1.83 bits per heavy atom. The first-order chi connectivity index (χ1) is 13.8. The number of amides is 1. The number of nitrogens with one attached hydrogen (secondary N) is 1. The molecule has 152 valence electrons. The molecular formula is C22H26ClN5O. The zero-order valence-corrected chi connectivity index (χ0v) is 17.1. The molecule has 1 aromatic heterocycles. The largest absolute Gasteiger partial charge is 0.330 e. The second-order valence-electron chi connectivity index (χ2n) is 7.79. The standard InChI is InChI=1S/C22H25N5O.ClH/c28-22(20-15-27(25-24-20)17-10-12-23-13-11-17)26-14-4-9-21(26)19-8-3-6-16-5-1-2-7-18(16)19;/h1-3,5-8,15,17,21,23H,4,9-14H2;1H. The SMILES string of the molecule is Cl.O=C(c1cn(C2CCNCC2)nn1)N1CCCC1c1cccc2ccccc12. The van der Waals surface area contributed by atoms with Gasteiger partial charge in [-0.25, -0.2) is 4.68 Å². The van der Waals surface area contributed by atoms with Crippen LogP contribution in [0.1, 0.15) is 53.8 Å². The van der Waals surface area contributed by atoms with Crippen molar-refractivity contribution in [3.63, 3.8) is 0 Å². The normalized spacial score (nSPS) is 20.0. The Balaban J connectivity index is 0.00000205. The summed E-state index contributed by atoms with van der Waals surface area (Å²) in [5, 5.41) is 14.3. The van der Waals surface area contributed by atoms with Gasteiger partial charge in [0.15, 0.2) is 5.69 Å². The minimum absolute atomic E-state index is 0. The molecule has 29 heavy (non-hydrogen) atoms. The van der Waals surface area contributed by atoms with E-state index in [1.807, 2.05) is 15.8 Å². The van der Waals surface area contributed by atoms with E-state index < -0.39 is 0 Å². The summed E-state index contributed by atoms with van der Waals surface area (Å²) in [6.07, 6.45) is 5.90. The summed E-state index contributed by atoms with van der Waals surface area (Å²) in [6, 6.07) is 15.2. The molecule has 2 fully saturated rings. The van der Waals surface area contributed by atoms with Crippen molar-refractivity contribution in [2.45, 2.75) is 37.8 Å². The number of halogens is 1. The van der Waals surface area contributed by atoms with Crippen molar-refractivity contribution in [2.75, 3.05) is 19.6 Å². The fourth-order valence-electron chi connectivity index (χ4n) is 4.65. The molecule has 0 spiro atoms. The molecule has 2 aliphatic heterocycles. The highest BCUT2D eigenvalue weighted by Crippen LogP contribution is 2.36. The first kappa shape index (κ1) is 19.9. The lowest BCUT2D eigenvalue weighted by atomic mass is 9.97. The minimum Gasteiger partial charge on any atom is -0.330 e. The van der Waals surface area contributed by atoms with E-state index in [0.717, 1.165) is 45.3 Å². The first-order valence-corrected chi connectivity index (χ1v) is 10.2. The lowest BCUT2D eigenvalue weighted by Gasteiger charge is -2.25. The summed E-state index contributed by atoms with van der Waals surface area (Å²) < 4.78 is 1.89. The predicted molar refractivity (Wildman–Crippen MR) is 115 cm³/mol. The van der Waals surface area contributed by atoms with Crippen LogP contribution in [0.2, 0.25) is 0 Å². The molecule has 0 radical (unpaired) electrons. The van der Waals surface area contributed by atoms with Crippen LogP contribution in [-0.4, -0.2) is 45.4 Å². The predicted octanol–water partition coefficient (Wildman–Crippen LogP) is 3.75. The summed E-state index contributed by atoms with van der Waals surface area (Å²) in [5.74, 6) is -0.00406. The van der Waals surface area contributed by atoms with Crippen LogP contribution in [-0.2, 0) is 0 Å². The smallest absolute Gasteiger partial charge is 0.276 e. The van der Waals surface area contributed by atoms with Gasteiger partial charge in [-0.15, -0.1) is 17.5 Å². The van der Waals surface area contributed by atoms with Gasteiger partial charge in [-0.05, 0) is 55.1 Å². The van der Waals surface area contributed by atoms with E-state index in [1.165, 1.54) is 16.3 Å². The van der Waals surface area contributed by atoms with E-state index in [1.54, 1.807) is 0 Å². The molecular weight excluding hydrogens is 386 g/mol. The molecule has 5 rings (SSSR count). The number of piperidine rings is 1. The van der Waals surface area contributed by atoms with Crippen molar-refractivity contribution in [3.05, 3.63) is 59.9 Å². The van der Waals surface area contributed by atoms with Crippen LogP contribution in [0.25, 0.3) is 10.8 Å². The van der Waals surface area contributed by atoms with Crippen LogP contribution in [0.15, 0.2) is 48.7 Å². The van der Waals surface area contributed by atoms with E-state index >= 15 is 0 Å². The lowest BCUT2D eigenvalue weighted by Crippen LogP contribution is -2.31. The zero-order valence-electron chi connectivity index (χ0n) is 16.3. The Labute approximate surface area is 176 Å². The van der Waals surface area contributed by atoms with Gasteiger partial charge in [-0.3, -0.25) is 4.79 Å². The van der Waals surface area contributed by atoms with Crippen LogP contribution >= 0.6 is 12.4 Å². The molecule has 2 aromatic carbocycles. The third-order valence-electron chi connectivity index (χ3n) is 6.11. The minimum atomic E-state index is -0.00406. The average Bonchev–Trinajstić information content (AvgIpc) is 3.43. The Morgan fingerprint density at radius 3 is 2.69 bits per heavy atom. The van der Waals surface area contributed by atoms with E-state index in [2.05, 4.69) is 58.1 Å². The molecule has 1 N–H and O–H groups in total. The van der Waals surface area contributed by atoms with E-state index in [-0.39, 0.29) is 24.4 Å². The Kier molecular flexibility index (Phi) is 5.83. The molecule has 0 saturated carbocycles. The second kappa shape index (κ2) is 8.51. The van der Waals surface area contributed by atoms with Crippen LogP contribution in [0, 0.1) is 0 Å². The van der Waals surface area contributed by atoms with Gasteiger partial charge in [0.1, 0.15) is 0 Å². The van der Waals surface area contributed by atoms with Crippen molar-refractivity contribution in [2.24, 2.45) is 0 Å². The number of rotatable bonds is 3. The number of likely N-dealkylation sites (tertiary alicyclic amines) is 1. The fraction of sp³-hybridized carbons (Fsp3) is 0.409. The highest BCUT2D eigenvalue weighted by atomic mass is 35.5. The van der Waals surface area contributed by atoms with Crippen molar-refractivity contribution in [1.82, 2.24) is 25.2 Å². The van der Waals surface area contributed by atoms with Gasteiger partial charge in [0.25, 0.3) is 5.91 Å². The van der Waals surface area contributed by atoms with Crippen molar-refractivity contribution < 1.29 is 4.79 Å². The van der Waals surface area contributed by atoms with Gasteiger partial charge in [-0.1, -0.05) is 47.7 Å². The molecule has 2 saturated heterocycles. The summed E-state index contributed by atoms with van der Waals surface area (Å²) in [5.41, 5.74) is 1.69. The summed E-state index contributed by atoms with van der Waals surface area (Å²) >= 11 is 0. The number of benzene rings is 2. The molecule has 0 bridgehead atoms. The Morgan fingerprint density at radius 1 is 1.03 bits per heavy atom. The topological polar surface area (TPSA) is 63.1 Å². The highest BCUT2D eigenvalue weighted by Gasteiger charge is 2.33. The van der Waals surface area contributed by atoms with Gasteiger partial charge < -0.3 is 10.2 Å². The third-order valence-corrected chi connectivity index (χ3v) is 6.11. The highest BCUT2D eigenvalue weighted by molar-refractivity contribution is 5.93. The summed E-state index contributed by atoms with van der Waals surface area (Å²) in [7, 11) is 0. The second-order valence-corrected chi connectivity index (χ2v) is 7.79. The van der Waals surface area contributed by atoms with E-state index in [4.69, 9.17) is 0 Å². The Hall–Kier alpha value is -2.44. The van der Waals surface area contributed by atoms with Gasteiger partial charge in [-0.2, -0.15) is 0 Å². The molecule has 0 aliphatic carbocycles. The number of fused-ring (bicyclic) bond motifs is 1. The van der Waals surface area contributed by atoms with Crippen LogP contribution in [0.4, 0.5) is 0 Å². The Bertz CT molecular complexity index is 992. The monoisotopic (exact) mass is 411 g/mol. The van der Waals surface area contributed by atoms with Crippen molar-refractivity contribution in [3.8, 4) is 0 Å². The van der Waals surface area contributed by atoms with Gasteiger partial charge >= 0.3 is 0 Å². The molecule has 1 atom stereocenters. The number of carbonyl (C=O) groups excluding carboxylic acids is 1. The molecule has 1 unspecified atom stereocenters. The fourth-order valence-corrected chi connectivity index (χ4v) is 4.65. The number of hydrogen-bond donors (Lipinski definition) is 1. The van der Waals surface area contributed by atoms with Crippen molar-refractivity contribution in [1.29, 1.82) is 0 Å². The molecule has 7 heteroatoms. The van der Waals surface area contributed by atoms with Crippen molar-refractivity contribution >= 4 is 29.1 Å². The van der Waals surface area contributed by atoms with Crippen LogP contribution in [0.5, 0.6) is 0 Å². The molecule has 1 amide bonds. The van der Waals surface area contributed by atoms with Gasteiger partial charge in [0.2, 0.25) is 0 Å². The molecule has 3 aromatic rings. The molecule has 2 aliphatic rings. The maximum Gasteiger partial charge on any atom is 0.276 e. The molecule has 6 nitrogen and oxygen atoms in total. The van der Waals surface area contributed by atoms with Crippen LogP contribution in [0.3, 0.4) is 0 Å². The number of hydrogen-bond acceptors (Lipinski definition) is 4. The average molecular weight is 412 g/mol. The number of nitrogens with zero attached hydrogens (tertiary/aromatic N) is 4. The lowest BCUT2D eigenvalue weighted by molar-refractivity contribution is 0.0730. The van der Waals surface area contributed by atoms with E-state index in [0.29, 0.717) is 11.7 Å². The zero-order chi connectivity index (χ0) is 18.9. The van der Waals surface area contributed by atoms with E-state index in [9.17, 15) is 4.79 Å². The summed E-state index contributed by atoms with van der Waals surface area (Å²) in [4.78, 5) is 15.2. The summed E-state index contributed by atoms with van der Waals surface area (Å²) in [6.45, 7) is 2.75. The third kappa shape index (κ3) is 3.74.